The number of aliphatic hydroxyl groups is 1. The zero-order chi connectivity index (χ0) is 14.2. The molecular formula is C14H10BrF3O. The molecule has 0 saturated heterocycles. The fourth-order valence-corrected chi connectivity index (χ4v) is 1.98. The highest BCUT2D eigenvalue weighted by Crippen LogP contribution is 2.28. The number of halogens is 4. The SMILES string of the molecule is Cc1cc(F)c(C(O)c2ccc(Br)c(F)c2)cc1F. The number of aryl methyl sites for hydroxylation is 1. The van der Waals surface area contributed by atoms with Crippen molar-refractivity contribution in [1.82, 2.24) is 0 Å². The Balaban J connectivity index is 2.46. The van der Waals surface area contributed by atoms with Gasteiger partial charge in [-0.25, -0.2) is 13.2 Å². The van der Waals surface area contributed by atoms with E-state index in [1.807, 2.05) is 0 Å². The standard InChI is InChI=1S/C14H10BrF3O/c1-7-4-12(17)9(6-11(7)16)14(19)8-2-3-10(15)13(18)5-8/h2-6,14,19H,1H3. The third kappa shape index (κ3) is 2.82. The summed E-state index contributed by atoms with van der Waals surface area (Å²) in [5.74, 6) is -1.92. The quantitative estimate of drug-likeness (QED) is 0.872. The van der Waals surface area contributed by atoms with Gasteiger partial charge in [0, 0.05) is 5.56 Å². The molecule has 0 heterocycles. The van der Waals surface area contributed by atoms with Gasteiger partial charge in [0.05, 0.1) is 4.47 Å². The van der Waals surface area contributed by atoms with E-state index in [2.05, 4.69) is 15.9 Å². The second-order valence-electron chi connectivity index (χ2n) is 4.20. The van der Waals surface area contributed by atoms with Crippen LogP contribution in [0.5, 0.6) is 0 Å². The van der Waals surface area contributed by atoms with Gasteiger partial charge >= 0.3 is 0 Å². The van der Waals surface area contributed by atoms with Crippen molar-refractivity contribution in [2.75, 3.05) is 0 Å². The van der Waals surface area contributed by atoms with Crippen LogP contribution in [0.1, 0.15) is 22.8 Å². The van der Waals surface area contributed by atoms with Crippen molar-refractivity contribution in [3.63, 3.8) is 0 Å². The minimum atomic E-state index is -1.42. The predicted molar refractivity (Wildman–Crippen MR) is 69.3 cm³/mol. The number of hydrogen-bond donors (Lipinski definition) is 1. The smallest absolute Gasteiger partial charge is 0.137 e. The first kappa shape index (κ1) is 14.1. The van der Waals surface area contributed by atoms with Crippen LogP contribution in [-0.2, 0) is 0 Å². The largest absolute Gasteiger partial charge is 0.384 e. The summed E-state index contributed by atoms with van der Waals surface area (Å²) >= 11 is 2.98. The minimum Gasteiger partial charge on any atom is -0.384 e. The summed E-state index contributed by atoms with van der Waals surface area (Å²) in [5, 5.41) is 10.0. The molecule has 100 valence electrons. The summed E-state index contributed by atoms with van der Waals surface area (Å²) in [7, 11) is 0. The molecule has 5 heteroatoms. The van der Waals surface area contributed by atoms with E-state index in [4.69, 9.17) is 0 Å². The van der Waals surface area contributed by atoms with Crippen LogP contribution in [-0.4, -0.2) is 5.11 Å². The van der Waals surface area contributed by atoms with Gasteiger partial charge in [-0.15, -0.1) is 0 Å². The Labute approximate surface area is 116 Å². The molecule has 1 nitrogen and oxygen atoms in total. The van der Waals surface area contributed by atoms with E-state index in [1.54, 1.807) is 0 Å². The highest BCUT2D eigenvalue weighted by molar-refractivity contribution is 9.10. The van der Waals surface area contributed by atoms with Crippen molar-refractivity contribution in [3.8, 4) is 0 Å². The Bertz CT molecular complexity index is 628. The second kappa shape index (κ2) is 5.35. The van der Waals surface area contributed by atoms with Crippen LogP contribution in [0.4, 0.5) is 13.2 Å². The van der Waals surface area contributed by atoms with Crippen LogP contribution in [0.25, 0.3) is 0 Å². The zero-order valence-corrected chi connectivity index (χ0v) is 11.5. The van der Waals surface area contributed by atoms with Crippen molar-refractivity contribution in [3.05, 3.63) is 68.9 Å². The summed E-state index contributed by atoms with van der Waals surface area (Å²) in [6.07, 6.45) is -1.42. The molecule has 0 bridgehead atoms. The number of rotatable bonds is 2. The Hall–Kier alpha value is -1.33. The van der Waals surface area contributed by atoms with Gasteiger partial charge in [-0.05, 0) is 58.2 Å². The third-order valence-electron chi connectivity index (χ3n) is 2.83. The van der Waals surface area contributed by atoms with Crippen LogP contribution in [0.15, 0.2) is 34.8 Å². The Morgan fingerprint density at radius 1 is 1.00 bits per heavy atom. The van der Waals surface area contributed by atoms with Crippen molar-refractivity contribution >= 4 is 15.9 Å². The average Bonchev–Trinajstić information content (AvgIpc) is 2.36. The summed E-state index contributed by atoms with van der Waals surface area (Å²) in [4.78, 5) is 0. The minimum absolute atomic E-state index is 0.149. The summed E-state index contributed by atoms with van der Waals surface area (Å²) in [5.41, 5.74) is 0.0862. The second-order valence-corrected chi connectivity index (χ2v) is 5.05. The first-order valence-electron chi connectivity index (χ1n) is 5.48. The Morgan fingerprint density at radius 2 is 1.68 bits per heavy atom. The van der Waals surface area contributed by atoms with Crippen LogP contribution < -0.4 is 0 Å². The number of hydrogen-bond acceptors (Lipinski definition) is 1. The van der Waals surface area contributed by atoms with Crippen LogP contribution >= 0.6 is 15.9 Å². The molecule has 0 aliphatic heterocycles. The van der Waals surface area contributed by atoms with Crippen molar-refractivity contribution < 1.29 is 18.3 Å². The molecule has 0 fully saturated rings. The highest BCUT2D eigenvalue weighted by Gasteiger charge is 2.18. The van der Waals surface area contributed by atoms with E-state index in [-0.39, 0.29) is 21.2 Å². The molecule has 0 saturated carbocycles. The molecule has 2 rings (SSSR count). The van der Waals surface area contributed by atoms with Crippen molar-refractivity contribution in [2.24, 2.45) is 0 Å². The maximum absolute atomic E-state index is 13.7. The fourth-order valence-electron chi connectivity index (χ4n) is 1.73. The molecule has 1 unspecified atom stereocenters. The molecule has 0 spiro atoms. The molecule has 0 aliphatic carbocycles. The lowest BCUT2D eigenvalue weighted by Gasteiger charge is -2.14. The van der Waals surface area contributed by atoms with Gasteiger partial charge in [-0.2, -0.15) is 0 Å². The van der Waals surface area contributed by atoms with E-state index < -0.39 is 23.6 Å². The third-order valence-corrected chi connectivity index (χ3v) is 3.48. The van der Waals surface area contributed by atoms with Gasteiger partial charge < -0.3 is 5.11 Å². The summed E-state index contributed by atoms with van der Waals surface area (Å²) in [6, 6.07) is 5.84. The first-order chi connectivity index (χ1) is 8.90. The molecule has 2 aromatic rings. The predicted octanol–water partition coefficient (Wildman–Crippen LogP) is 4.26. The van der Waals surface area contributed by atoms with Gasteiger partial charge in [-0.3, -0.25) is 0 Å². The van der Waals surface area contributed by atoms with Crippen molar-refractivity contribution in [2.45, 2.75) is 13.0 Å². The van der Waals surface area contributed by atoms with Gasteiger partial charge in [0.15, 0.2) is 0 Å². The lowest BCUT2D eigenvalue weighted by Crippen LogP contribution is -2.05. The topological polar surface area (TPSA) is 20.2 Å². The van der Waals surface area contributed by atoms with Crippen LogP contribution in [0, 0.1) is 24.4 Å². The molecular weight excluding hydrogens is 321 g/mol. The van der Waals surface area contributed by atoms with E-state index >= 15 is 0 Å². The molecule has 0 amide bonds. The molecule has 1 N–H and O–H groups in total. The van der Waals surface area contributed by atoms with Gasteiger partial charge in [0.1, 0.15) is 23.6 Å². The molecule has 0 aromatic heterocycles. The molecule has 0 aliphatic rings. The Morgan fingerprint density at radius 3 is 2.32 bits per heavy atom. The first-order valence-corrected chi connectivity index (χ1v) is 6.28. The average molecular weight is 331 g/mol. The number of aliphatic hydroxyl groups excluding tert-OH is 1. The zero-order valence-electron chi connectivity index (χ0n) is 9.92. The number of benzene rings is 2. The normalized spacial score (nSPS) is 12.5. The van der Waals surface area contributed by atoms with E-state index in [1.165, 1.54) is 19.1 Å². The van der Waals surface area contributed by atoms with E-state index in [0.29, 0.717) is 0 Å². The van der Waals surface area contributed by atoms with Gasteiger partial charge in [0.2, 0.25) is 0 Å². The fraction of sp³-hybridized carbons (Fsp3) is 0.143. The monoisotopic (exact) mass is 330 g/mol. The highest BCUT2D eigenvalue weighted by atomic mass is 79.9. The molecule has 0 radical (unpaired) electrons. The van der Waals surface area contributed by atoms with Gasteiger partial charge in [0.25, 0.3) is 0 Å². The molecule has 1 atom stereocenters. The lowest BCUT2D eigenvalue weighted by atomic mass is 9.99. The van der Waals surface area contributed by atoms with Gasteiger partial charge in [-0.1, -0.05) is 6.07 Å². The van der Waals surface area contributed by atoms with E-state index in [0.717, 1.165) is 18.2 Å². The molecule has 2 aromatic carbocycles. The summed E-state index contributed by atoms with van der Waals surface area (Å²) < 4.78 is 40.7. The molecule has 19 heavy (non-hydrogen) atoms. The van der Waals surface area contributed by atoms with Crippen LogP contribution in [0.3, 0.4) is 0 Å². The van der Waals surface area contributed by atoms with Crippen molar-refractivity contribution in [1.29, 1.82) is 0 Å². The summed E-state index contributed by atoms with van der Waals surface area (Å²) in [6.45, 7) is 1.42. The van der Waals surface area contributed by atoms with E-state index in [9.17, 15) is 18.3 Å². The maximum Gasteiger partial charge on any atom is 0.137 e. The van der Waals surface area contributed by atoms with Crippen LogP contribution in [0.2, 0.25) is 0 Å². The Kier molecular flexibility index (Phi) is 3.96. The lowest BCUT2D eigenvalue weighted by molar-refractivity contribution is 0.213. The maximum atomic E-state index is 13.7.